The minimum absolute atomic E-state index is 0.244. The predicted octanol–water partition coefficient (Wildman–Crippen LogP) is 5.17. The molecule has 0 aliphatic carbocycles. The summed E-state index contributed by atoms with van der Waals surface area (Å²) < 4.78 is 9.94. The minimum atomic E-state index is -0.361. The van der Waals surface area contributed by atoms with Crippen LogP contribution in [0.2, 0.25) is 5.02 Å². The summed E-state index contributed by atoms with van der Waals surface area (Å²) in [6, 6.07) is 14.8. The Bertz CT molecular complexity index is 1070. The van der Waals surface area contributed by atoms with Gasteiger partial charge in [0.1, 0.15) is 5.58 Å². The standard InChI is InChI=1S/C18H12ClN3O2S/c1-10-13-9-12(19)7-8-14(13)24-15(10)17(23)21-18-20-16(22-25-18)11-5-3-2-4-6-11/h2-9H,1H3,(H,20,21,22,23). The van der Waals surface area contributed by atoms with Crippen LogP contribution in [0.5, 0.6) is 0 Å². The van der Waals surface area contributed by atoms with E-state index in [1.54, 1.807) is 18.2 Å². The molecule has 0 bridgehead atoms. The maximum atomic E-state index is 12.5. The van der Waals surface area contributed by atoms with E-state index in [9.17, 15) is 4.79 Å². The molecule has 0 spiro atoms. The van der Waals surface area contributed by atoms with E-state index in [0.29, 0.717) is 21.6 Å². The lowest BCUT2D eigenvalue weighted by atomic mass is 10.1. The SMILES string of the molecule is Cc1c(C(=O)Nc2nc(-c3ccccc3)ns2)oc2ccc(Cl)cc12. The molecular weight excluding hydrogens is 358 g/mol. The molecule has 0 aliphatic rings. The lowest BCUT2D eigenvalue weighted by Crippen LogP contribution is -2.11. The van der Waals surface area contributed by atoms with E-state index in [-0.39, 0.29) is 11.7 Å². The summed E-state index contributed by atoms with van der Waals surface area (Å²) in [5, 5.41) is 4.58. The van der Waals surface area contributed by atoms with Crippen LogP contribution in [-0.2, 0) is 0 Å². The van der Waals surface area contributed by atoms with Crippen LogP contribution in [0.15, 0.2) is 52.9 Å². The number of nitrogens with one attached hydrogen (secondary N) is 1. The third-order valence-electron chi connectivity index (χ3n) is 3.78. The monoisotopic (exact) mass is 369 g/mol. The Labute approximate surface area is 152 Å². The molecule has 1 N–H and O–H groups in total. The first kappa shape index (κ1) is 15.8. The first-order chi connectivity index (χ1) is 12.1. The Morgan fingerprint density at radius 2 is 2.00 bits per heavy atom. The number of amides is 1. The van der Waals surface area contributed by atoms with Crippen molar-refractivity contribution in [2.24, 2.45) is 0 Å². The van der Waals surface area contributed by atoms with Crippen LogP contribution < -0.4 is 5.32 Å². The van der Waals surface area contributed by atoms with E-state index in [4.69, 9.17) is 16.0 Å². The molecule has 124 valence electrons. The smallest absolute Gasteiger partial charge is 0.293 e. The highest BCUT2D eigenvalue weighted by atomic mass is 35.5. The molecule has 2 aromatic heterocycles. The topological polar surface area (TPSA) is 68.0 Å². The molecular formula is C18H12ClN3O2S. The van der Waals surface area contributed by atoms with Crippen molar-refractivity contribution >= 4 is 45.1 Å². The number of hydrogen-bond acceptors (Lipinski definition) is 5. The van der Waals surface area contributed by atoms with Crippen LogP contribution in [0.4, 0.5) is 5.13 Å². The molecule has 25 heavy (non-hydrogen) atoms. The molecule has 0 fully saturated rings. The molecule has 0 saturated carbocycles. The van der Waals surface area contributed by atoms with Crippen LogP contribution >= 0.6 is 23.1 Å². The molecule has 4 rings (SSSR count). The van der Waals surface area contributed by atoms with Crippen LogP contribution in [0.1, 0.15) is 16.1 Å². The van der Waals surface area contributed by atoms with Gasteiger partial charge in [0.25, 0.3) is 5.91 Å². The largest absolute Gasteiger partial charge is 0.451 e. The van der Waals surface area contributed by atoms with Gasteiger partial charge >= 0.3 is 0 Å². The lowest BCUT2D eigenvalue weighted by molar-refractivity contribution is 0.0998. The van der Waals surface area contributed by atoms with Crippen LogP contribution in [0.25, 0.3) is 22.4 Å². The van der Waals surface area contributed by atoms with Gasteiger partial charge in [-0.2, -0.15) is 9.36 Å². The number of furan rings is 1. The van der Waals surface area contributed by atoms with Gasteiger partial charge in [-0.15, -0.1) is 0 Å². The normalized spacial score (nSPS) is 11.0. The third-order valence-corrected chi connectivity index (χ3v) is 4.65. The second kappa shape index (κ2) is 6.31. The molecule has 1 amide bonds. The number of benzene rings is 2. The number of anilines is 1. The van der Waals surface area contributed by atoms with Crippen molar-refractivity contribution < 1.29 is 9.21 Å². The van der Waals surface area contributed by atoms with E-state index in [2.05, 4.69) is 14.7 Å². The maximum Gasteiger partial charge on any atom is 0.293 e. The maximum absolute atomic E-state index is 12.5. The molecule has 7 heteroatoms. The summed E-state index contributed by atoms with van der Waals surface area (Å²) in [5.41, 5.74) is 2.26. The Balaban J connectivity index is 1.61. The van der Waals surface area contributed by atoms with Crippen molar-refractivity contribution in [2.75, 3.05) is 5.32 Å². The Hall–Kier alpha value is -2.70. The summed E-state index contributed by atoms with van der Waals surface area (Å²) in [7, 11) is 0. The fourth-order valence-corrected chi connectivity index (χ4v) is 3.30. The van der Waals surface area contributed by atoms with Gasteiger partial charge in [0.05, 0.1) is 0 Å². The molecule has 0 aliphatic heterocycles. The summed E-state index contributed by atoms with van der Waals surface area (Å²) in [5.74, 6) is 0.461. The van der Waals surface area contributed by atoms with Crippen molar-refractivity contribution in [2.45, 2.75) is 6.92 Å². The fourth-order valence-electron chi connectivity index (χ4n) is 2.54. The van der Waals surface area contributed by atoms with Crippen molar-refractivity contribution in [3.8, 4) is 11.4 Å². The second-order valence-corrected chi connectivity index (χ2v) is 6.63. The van der Waals surface area contributed by atoms with Gasteiger partial charge < -0.3 is 4.42 Å². The highest BCUT2D eigenvalue weighted by molar-refractivity contribution is 7.10. The number of aryl methyl sites for hydroxylation is 1. The van der Waals surface area contributed by atoms with Crippen molar-refractivity contribution in [1.29, 1.82) is 0 Å². The Kier molecular flexibility index (Phi) is 3.99. The summed E-state index contributed by atoms with van der Waals surface area (Å²) in [4.78, 5) is 16.9. The molecule has 2 heterocycles. The van der Waals surface area contributed by atoms with E-state index in [1.165, 1.54) is 0 Å². The first-order valence-electron chi connectivity index (χ1n) is 7.51. The van der Waals surface area contributed by atoms with Gasteiger partial charge in [0.2, 0.25) is 5.13 Å². The number of hydrogen-bond donors (Lipinski definition) is 1. The van der Waals surface area contributed by atoms with E-state index in [0.717, 1.165) is 28.0 Å². The van der Waals surface area contributed by atoms with Gasteiger partial charge in [-0.05, 0) is 25.1 Å². The molecule has 0 saturated heterocycles. The number of aromatic nitrogens is 2. The zero-order valence-corrected chi connectivity index (χ0v) is 14.7. The summed E-state index contributed by atoms with van der Waals surface area (Å²) >= 11 is 7.14. The number of carbonyl (C=O) groups is 1. The molecule has 0 radical (unpaired) electrons. The summed E-state index contributed by atoms with van der Waals surface area (Å²) in [6.07, 6.45) is 0. The zero-order valence-electron chi connectivity index (χ0n) is 13.1. The van der Waals surface area contributed by atoms with Crippen LogP contribution in [0.3, 0.4) is 0 Å². The predicted molar refractivity (Wildman–Crippen MR) is 99.3 cm³/mol. The lowest BCUT2D eigenvalue weighted by Gasteiger charge is -1.98. The van der Waals surface area contributed by atoms with Crippen LogP contribution in [-0.4, -0.2) is 15.3 Å². The van der Waals surface area contributed by atoms with E-state index in [1.807, 2.05) is 37.3 Å². The third kappa shape index (κ3) is 3.01. The van der Waals surface area contributed by atoms with E-state index >= 15 is 0 Å². The second-order valence-electron chi connectivity index (χ2n) is 5.44. The fraction of sp³-hybridized carbons (Fsp3) is 0.0556. The first-order valence-corrected chi connectivity index (χ1v) is 8.66. The molecule has 0 atom stereocenters. The number of halogens is 1. The van der Waals surface area contributed by atoms with Gasteiger partial charge in [-0.25, -0.2) is 0 Å². The van der Waals surface area contributed by atoms with Crippen molar-refractivity contribution in [3.63, 3.8) is 0 Å². The number of nitrogens with zero attached hydrogens (tertiary/aromatic N) is 2. The zero-order chi connectivity index (χ0) is 17.4. The molecule has 0 unspecified atom stereocenters. The van der Waals surface area contributed by atoms with Gasteiger partial charge in [-0.3, -0.25) is 10.1 Å². The minimum Gasteiger partial charge on any atom is -0.451 e. The van der Waals surface area contributed by atoms with Crippen LogP contribution in [0, 0.1) is 6.92 Å². The average Bonchev–Trinajstić information content (AvgIpc) is 3.21. The molecule has 4 aromatic rings. The number of fused-ring (bicyclic) bond motifs is 1. The quantitative estimate of drug-likeness (QED) is 0.541. The van der Waals surface area contributed by atoms with Gasteiger partial charge in [-0.1, -0.05) is 41.9 Å². The summed E-state index contributed by atoms with van der Waals surface area (Å²) in [6.45, 7) is 1.83. The Morgan fingerprint density at radius 1 is 1.20 bits per heavy atom. The average molecular weight is 370 g/mol. The van der Waals surface area contributed by atoms with E-state index < -0.39 is 0 Å². The van der Waals surface area contributed by atoms with Crippen molar-refractivity contribution in [3.05, 3.63) is 64.9 Å². The number of rotatable bonds is 3. The Morgan fingerprint density at radius 3 is 2.80 bits per heavy atom. The van der Waals surface area contributed by atoms with Gasteiger partial charge in [0.15, 0.2) is 11.6 Å². The van der Waals surface area contributed by atoms with Crippen molar-refractivity contribution in [1.82, 2.24) is 9.36 Å². The highest BCUT2D eigenvalue weighted by Gasteiger charge is 2.19. The van der Waals surface area contributed by atoms with Gasteiger partial charge in [0, 0.05) is 33.1 Å². The number of carbonyl (C=O) groups excluding carboxylic acids is 1. The highest BCUT2D eigenvalue weighted by Crippen LogP contribution is 2.29. The molecule has 5 nitrogen and oxygen atoms in total. The molecule has 2 aromatic carbocycles.